The van der Waals surface area contributed by atoms with Crippen molar-refractivity contribution in [3.05, 3.63) is 47.8 Å². The van der Waals surface area contributed by atoms with Crippen molar-refractivity contribution < 1.29 is 4.79 Å². The van der Waals surface area contributed by atoms with Crippen LogP contribution in [-0.4, -0.2) is 29.2 Å². The molecule has 1 heterocycles. The number of anilines is 1. The molecule has 0 spiro atoms. The highest BCUT2D eigenvalue weighted by atomic mass is 16.2. The van der Waals surface area contributed by atoms with Crippen LogP contribution in [0.4, 0.5) is 5.69 Å². The van der Waals surface area contributed by atoms with E-state index in [2.05, 4.69) is 10.2 Å². The Morgan fingerprint density at radius 1 is 1.37 bits per heavy atom. The van der Waals surface area contributed by atoms with Crippen molar-refractivity contribution in [1.29, 1.82) is 0 Å². The lowest BCUT2D eigenvalue weighted by Gasteiger charge is -2.22. The average molecular weight is 258 g/mol. The molecule has 0 aliphatic carbocycles. The minimum absolute atomic E-state index is 0.0501. The van der Waals surface area contributed by atoms with E-state index >= 15 is 0 Å². The summed E-state index contributed by atoms with van der Waals surface area (Å²) in [5.41, 5.74) is 7.80. The Morgan fingerprint density at radius 3 is 2.68 bits per heavy atom. The molecule has 3 N–H and O–H groups in total. The average Bonchev–Trinajstić information content (AvgIpc) is 2.86. The molecule has 5 heteroatoms. The molecule has 0 radical (unpaired) electrons. The molecule has 0 aliphatic rings. The van der Waals surface area contributed by atoms with Gasteiger partial charge in [-0.15, -0.1) is 0 Å². The molecule has 0 atom stereocenters. The highest BCUT2D eigenvalue weighted by Gasteiger charge is 2.19. The highest BCUT2D eigenvalue weighted by molar-refractivity contribution is 6.06. The number of amides is 1. The molecule has 0 aliphatic heterocycles. The maximum atomic E-state index is 12.6. The van der Waals surface area contributed by atoms with Gasteiger partial charge < -0.3 is 10.6 Å². The van der Waals surface area contributed by atoms with Crippen molar-refractivity contribution >= 4 is 11.6 Å². The molecule has 2 rings (SSSR count). The second-order valence-electron chi connectivity index (χ2n) is 4.34. The second kappa shape index (κ2) is 6.15. The number of aromatic nitrogens is 2. The largest absolute Gasteiger partial charge is 0.330 e. The van der Waals surface area contributed by atoms with Crippen LogP contribution in [0.25, 0.3) is 0 Å². The van der Waals surface area contributed by atoms with Gasteiger partial charge in [0.15, 0.2) is 0 Å². The van der Waals surface area contributed by atoms with E-state index in [0.717, 1.165) is 17.8 Å². The first-order chi connectivity index (χ1) is 9.24. The number of rotatable bonds is 5. The lowest BCUT2D eigenvalue weighted by Crippen LogP contribution is -2.33. The van der Waals surface area contributed by atoms with Crippen LogP contribution in [0.5, 0.6) is 0 Å². The van der Waals surface area contributed by atoms with Crippen LogP contribution in [0.3, 0.4) is 0 Å². The molecule has 0 saturated heterocycles. The van der Waals surface area contributed by atoms with E-state index in [-0.39, 0.29) is 5.91 Å². The fourth-order valence-corrected chi connectivity index (χ4v) is 1.92. The lowest BCUT2D eigenvalue weighted by molar-refractivity contribution is 0.0986. The molecule has 0 fully saturated rings. The van der Waals surface area contributed by atoms with Crippen molar-refractivity contribution in [2.24, 2.45) is 5.73 Å². The first kappa shape index (κ1) is 13.3. The molecule has 19 heavy (non-hydrogen) atoms. The molecule has 0 unspecified atom stereocenters. The number of carbonyl (C=O) groups is 1. The minimum Gasteiger partial charge on any atom is -0.330 e. The number of nitrogens with one attached hydrogen (secondary N) is 1. The molecule has 2 aromatic rings. The summed E-state index contributed by atoms with van der Waals surface area (Å²) in [4.78, 5) is 14.3. The number of nitrogens with two attached hydrogens (primary N) is 1. The molecule has 0 bridgehead atoms. The summed E-state index contributed by atoms with van der Waals surface area (Å²) in [5.74, 6) is -0.0501. The third-order valence-electron chi connectivity index (χ3n) is 2.96. The Labute approximate surface area is 112 Å². The van der Waals surface area contributed by atoms with Crippen LogP contribution in [-0.2, 0) is 0 Å². The zero-order valence-corrected chi connectivity index (χ0v) is 11.0. The molecule has 1 amide bonds. The van der Waals surface area contributed by atoms with Gasteiger partial charge in [0.2, 0.25) is 0 Å². The Morgan fingerprint density at radius 2 is 2.11 bits per heavy atom. The van der Waals surface area contributed by atoms with Crippen LogP contribution in [0.2, 0.25) is 0 Å². The highest BCUT2D eigenvalue weighted by Crippen LogP contribution is 2.18. The van der Waals surface area contributed by atoms with Gasteiger partial charge in [-0.3, -0.25) is 9.89 Å². The first-order valence-corrected chi connectivity index (χ1v) is 6.31. The second-order valence-corrected chi connectivity index (χ2v) is 4.34. The molecular weight excluding hydrogens is 240 g/mol. The summed E-state index contributed by atoms with van der Waals surface area (Å²) in [5, 5.41) is 6.69. The SMILES string of the molecule is Cc1[nH]ncc1C(=O)N(CCCN)c1ccccc1. The Kier molecular flexibility index (Phi) is 4.30. The van der Waals surface area contributed by atoms with Crippen molar-refractivity contribution in [3.63, 3.8) is 0 Å². The predicted molar refractivity (Wildman–Crippen MR) is 75.1 cm³/mol. The number of H-pyrrole nitrogens is 1. The van der Waals surface area contributed by atoms with Gasteiger partial charge in [-0.25, -0.2) is 0 Å². The number of aryl methyl sites for hydroxylation is 1. The van der Waals surface area contributed by atoms with Crippen LogP contribution >= 0.6 is 0 Å². The van der Waals surface area contributed by atoms with Crippen LogP contribution in [0, 0.1) is 6.92 Å². The van der Waals surface area contributed by atoms with Gasteiger partial charge in [-0.1, -0.05) is 18.2 Å². The first-order valence-electron chi connectivity index (χ1n) is 6.31. The Bertz CT molecular complexity index is 535. The molecular formula is C14H18N4O. The maximum Gasteiger partial charge on any atom is 0.261 e. The zero-order valence-electron chi connectivity index (χ0n) is 11.0. The smallest absolute Gasteiger partial charge is 0.261 e. The Hall–Kier alpha value is -2.14. The zero-order chi connectivity index (χ0) is 13.7. The van der Waals surface area contributed by atoms with Crippen molar-refractivity contribution in [2.45, 2.75) is 13.3 Å². The topological polar surface area (TPSA) is 75.0 Å². The summed E-state index contributed by atoms with van der Waals surface area (Å²) in [6.07, 6.45) is 2.33. The lowest BCUT2D eigenvalue weighted by atomic mass is 10.2. The van der Waals surface area contributed by atoms with E-state index in [0.29, 0.717) is 18.7 Å². The third-order valence-corrected chi connectivity index (χ3v) is 2.96. The molecule has 5 nitrogen and oxygen atoms in total. The van der Waals surface area contributed by atoms with E-state index in [1.807, 2.05) is 37.3 Å². The van der Waals surface area contributed by atoms with Gasteiger partial charge in [-0.05, 0) is 32.0 Å². The normalized spacial score (nSPS) is 10.4. The summed E-state index contributed by atoms with van der Waals surface area (Å²) in [6, 6.07) is 9.60. The fourth-order valence-electron chi connectivity index (χ4n) is 1.92. The van der Waals surface area contributed by atoms with Gasteiger partial charge in [-0.2, -0.15) is 5.10 Å². The molecule has 1 aromatic heterocycles. The molecule has 1 aromatic carbocycles. The minimum atomic E-state index is -0.0501. The van der Waals surface area contributed by atoms with Gasteiger partial charge in [0.1, 0.15) is 0 Å². The van der Waals surface area contributed by atoms with Crippen LogP contribution in [0.15, 0.2) is 36.5 Å². The number of para-hydroxylation sites is 1. The van der Waals surface area contributed by atoms with Crippen molar-refractivity contribution in [2.75, 3.05) is 18.0 Å². The summed E-state index contributed by atoms with van der Waals surface area (Å²) in [7, 11) is 0. The van der Waals surface area contributed by atoms with E-state index in [1.165, 1.54) is 0 Å². The maximum absolute atomic E-state index is 12.6. The van der Waals surface area contributed by atoms with Crippen LogP contribution in [0.1, 0.15) is 22.5 Å². The Balaban J connectivity index is 2.28. The monoisotopic (exact) mass is 258 g/mol. The summed E-state index contributed by atoms with van der Waals surface area (Å²) < 4.78 is 0. The number of carbonyl (C=O) groups excluding carboxylic acids is 1. The number of hydrogen-bond donors (Lipinski definition) is 2. The van der Waals surface area contributed by atoms with Gasteiger partial charge in [0, 0.05) is 17.9 Å². The van der Waals surface area contributed by atoms with Gasteiger partial charge in [0.25, 0.3) is 5.91 Å². The van der Waals surface area contributed by atoms with Crippen molar-refractivity contribution in [3.8, 4) is 0 Å². The number of nitrogens with zero attached hydrogens (tertiary/aromatic N) is 2. The molecule has 0 saturated carbocycles. The number of aromatic amines is 1. The predicted octanol–water partition coefficient (Wildman–Crippen LogP) is 1.71. The van der Waals surface area contributed by atoms with E-state index in [9.17, 15) is 4.79 Å². The molecule has 100 valence electrons. The van der Waals surface area contributed by atoms with Gasteiger partial charge >= 0.3 is 0 Å². The fraction of sp³-hybridized carbons (Fsp3) is 0.286. The van der Waals surface area contributed by atoms with E-state index in [1.54, 1.807) is 11.1 Å². The summed E-state index contributed by atoms with van der Waals surface area (Å²) in [6.45, 7) is 3.00. The van der Waals surface area contributed by atoms with Crippen LogP contribution < -0.4 is 10.6 Å². The number of benzene rings is 1. The van der Waals surface area contributed by atoms with Gasteiger partial charge in [0.05, 0.1) is 11.8 Å². The standard InChI is InChI=1S/C14H18N4O/c1-11-13(10-16-17-11)14(19)18(9-5-8-15)12-6-3-2-4-7-12/h2-4,6-7,10H,5,8-9,15H2,1H3,(H,16,17). The number of hydrogen-bond acceptors (Lipinski definition) is 3. The summed E-state index contributed by atoms with van der Waals surface area (Å²) >= 11 is 0. The third kappa shape index (κ3) is 3.00. The van der Waals surface area contributed by atoms with Crippen molar-refractivity contribution in [1.82, 2.24) is 10.2 Å². The van der Waals surface area contributed by atoms with E-state index < -0.39 is 0 Å². The quantitative estimate of drug-likeness (QED) is 0.857. The van der Waals surface area contributed by atoms with E-state index in [4.69, 9.17) is 5.73 Å².